The number of carboxylic acid groups (broad SMARTS) is 1. The zero-order valence-corrected chi connectivity index (χ0v) is 19.3. The van der Waals surface area contributed by atoms with Crippen molar-refractivity contribution in [3.8, 4) is 0 Å². The van der Waals surface area contributed by atoms with Crippen LogP contribution in [0.4, 0.5) is 0 Å². The number of fused-ring (bicyclic) bond motifs is 1. The number of rotatable bonds is 5. The van der Waals surface area contributed by atoms with Crippen LogP contribution in [-0.2, 0) is 26.8 Å². The van der Waals surface area contributed by atoms with Crippen LogP contribution < -0.4 is 5.32 Å². The second-order valence-electron chi connectivity index (χ2n) is 7.96. The van der Waals surface area contributed by atoms with E-state index in [9.17, 15) is 18.3 Å². The number of halogens is 2. The number of nitrogens with one attached hydrogen (secondary N) is 1. The number of nitrogens with zero attached hydrogens (tertiary/aromatic N) is 1. The molecule has 1 fully saturated rings. The maximum Gasteiger partial charge on any atom is 0.310 e. The molecule has 0 aromatic heterocycles. The predicted octanol–water partition coefficient (Wildman–Crippen LogP) is 3.83. The first kappa shape index (κ1) is 22.6. The van der Waals surface area contributed by atoms with Crippen LogP contribution in [0.1, 0.15) is 42.4 Å². The third-order valence-corrected chi connectivity index (χ3v) is 9.59. The van der Waals surface area contributed by atoms with Gasteiger partial charge < -0.3 is 10.4 Å². The predicted molar refractivity (Wildman–Crippen MR) is 120 cm³/mol. The normalized spacial score (nSPS) is 25.8. The third-order valence-electron chi connectivity index (χ3n) is 6.45. The number of piperazine rings is 1. The molecule has 2 aromatic rings. The molecule has 1 heterocycles. The Morgan fingerprint density at radius 3 is 2.58 bits per heavy atom. The Balaban J connectivity index is 1.79. The van der Waals surface area contributed by atoms with Crippen LogP contribution in [0, 0.1) is 0 Å². The van der Waals surface area contributed by atoms with E-state index in [1.54, 1.807) is 6.07 Å². The zero-order valence-electron chi connectivity index (χ0n) is 17.0. The molecule has 6 nitrogen and oxygen atoms in total. The van der Waals surface area contributed by atoms with Crippen LogP contribution >= 0.6 is 23.2 Å². The molecule has 31 heavy (non-hydrogen) atoms. The summed E-state index contributed by atoms with van der Waals surface area (Å²) in [4.78, 5) is 11.6. The topological polar surface area (TPSA) is 86.7 Å². The molecule has 4 rings (SSSR count). The molecule has 2 aromatic carbocycles. The average Bonchev–Trinajstić information content (AvgIpc) is 3.17. The smallest absolute Gasteiger partial charge is 0.310 e. The molecule has 1 aliphatic carbocycles. The second kappa shape index (κ2) is 8.05. The molecular weight excluding hydrogens is 459 g/mol. The van der Waals surface area contributed by atoms with Gasteiger partial charge in [0.05, 0.1) is 16.4 Å². The summed E-state index contributed by atoms with van der Waals surface area (Å²) in [6.07, 6.45) is 1.53. The van der Waals surface area contributed by atoms with Gasteiger partial charge in [-0.15, -0.1) is 0 Å². The average molecular weight is 483 g/mol. The van der Waals surface area contributed by atoms with Crippen molar-refractivity contribution in [1.82, 2.24) is 9.62 Å². The first-order valence-electron chi connectivity index (χ1n) is 10.2. The minimum atomic E-state index is -4.09. The Morgan fingerprint density at radius 2 is 1.94 bits per heavy atom. The summed E-state index contributed by atoms with van der Waals surface area (Å²) in [5.41, 5.74) is 1.19. The van der Waals surface area contributed by atoms with Crippen LogP contribution in [0.3, 0.4) is 0 Å². The van der Waals surface area contributed by atoms with E-state index >= 15 is 0 Å². The number of carbonyl (C=O) groups is 1. The maximum absolute atomic E-state index is 13.7. The van der Waals surface area contributed by atoms with Crippen molar-refractivity contribution < 1.29 is 18.3 Å². The molecule has 0 radical (unpaired) electrons. The first-order chi connectivity index (χ1) is 14.6. The van der Waals surface area contributed by atoms with Crippen LogP contribution in [0.2, 0.25) is 0 Å². The van der Waals surface area contributed by atoms with Gasteiger partial charge in [0.15, 0.2) is 0 Å². The van der Waals surface area contributed by atoms with E-state index in [4.69, 9.17) is 23.2 Å². The summed E-state index contributed by atoms with van der Waals surface area (Å²) < 4.78 is 26.7. The minimum Gasteiger partial charge on any atom is -0.481 e. The number of hydrogen-bond acceptors (Lipinski definition) is 4. The van der Waals surface area contributed by atoms with Gasteiger partial charge in [-0.25, -0.2) is 8.42 Å². The molecule has 1 saturated heterocycles. The van der Waals surface area contributed by atoms with Crippen molar-refractivity contribution in [1.29, 1.82) is 0 Å². The highest BCUT2D eigenvalue weighted by Crippen LogP contribution is 2.50. The van der Waals surface area contributed by atoms with Gasteiger partial charge in [-0.2, -0.15) is 4.31 Å². The SMILES string of the molecule is CC[C@@]1(c2ccccc2)NCCN(S(=O)(=O)c2ccc3c(c2)C(C(=O)O)CC3)C1(Cl)Cl. The van der Waals surface area contributed by atoms with Gasteiger partial charge in [-0.3, -0.25) is 4.79 Å². The number of aliphatic carboxylic acids is 1. The molecule has 0 saturated carbocycles. The standard InChI is InChI=1S/C22H24Cl2N2O4S/c1-2-21(16-6-4-3-5-7-16)22(23,24)26(13-12-25-21)31(29,30)17-10-8-15-9-11-18(20(27)28)19(15)14-17/h3-8,10,14,18,25H,2,9,11-13H2,1H3,(H,27,28)/t18?,21-/m0/s1. The molecule has 1 unspecified atom stereocenters. The van der Waals surface area contributed by atoms with Crippen molar-refractivity contribution >= 4 is 39.2 Å². The van der Waals surface area contributed by atoms with E-state index in [0.29, 0.717) is 31.4 Å². The Labute approximate surface area is 192 Å². The maximum atomic E-state index is 13.7. The van der Waals surface area contributed by atoms with Crippen LogP contribution in [-0.4, -0.2) is 41.3 Å². The van der Waals surface area contributed by atoms with Crippen molar-refractivity contribution in [3.05, 3.63) is 65.2 Å². The van der Waals surface area contributed by atoms with Crippen molar-refractivity contribution in [2.45, 2.75) is 47.0 Å². The number of benzene rings is 2. The Hall–Kier alpha value is -1.64. The summed E-state index contributed by atoms with van der Waals surface area (Å²) in [7, 11) is -4.09. The Kier molecular flexibility index (Phi) is 5.85. The van der Waals surface area contributed by atoms with E-state index in [1.807, 2.05) is 37.3 Å². The molecule has 2 atom stereocenters. The summed E-state index contributed by atoms with van der Waals surface area (Å²) >= 11 is 13.8. The number of aryl methyl sites for hydroxylation is 1. The lowest BCUT2D eigenvalue weighted by atomic mass is 9.85. The highest BCUT2D eigenvalue weighted by atomic mass is 35.5. The molecule has 9 heteroatoms. The Morgan fingerprint density at radius 1 is 1.23 bits per heavy atom. The summed E-state index contributed by atoms with van der Waals surface area (Å²) in [5.74, 6) is -1.66. The molecular formula is C22H24Cl2N2O4S. The van der Waals surface area contributed by atoms with E-state index < -0.39 is 31.9 Å². The van der Waals surface area contributed by atoms with Gasteiger partial charge in [-0.1, -0.05) is 66.5 Å². The summed E-state index contributed by atoms with van der Waals surface area (Å²) in [6, 6.07) is 14.0. The number of carboxylic acids is 1. The van der Waals surface area contributed by atoms with E-state index in [-0.39, 0.29) is 11.4 Å². The molecule has 0 spiro atoms. The molecule has 2 aliphatic rings. The molecule has 0 amide bonds. The van der Waals surface area contributed by atoms with Gasteiger partial charge in [0, 0.05) is 13.1 Å². The van der Waals surface area contributed by atoms with Crippen molar-refractivity contribution in [2.24, 2.45) is 0 Å². The monoisotopic (exact) mass is 482 g/mol. The molecule has 1 aliphatic heterocycles. The van der Waals surface area contributed by atoms with E-state index in [2.05, 4.69) is 5.32 Å². The number of hydrogen-bond donors (Lipinski definition) is 2. The first-order valence-corrected chi connectivity index (χ1v) is 12.4. The molecule has 166 valence electrons. The van der Waals surface area contributed by atoms with Gasteiger partial charge in [0.2, 0.25) is 14.5 Å². The van der Waals surface area contributed by atoms with Gasteiger partial charge in [0.25, 0.3) is 0 Å². The number of sulfonamides is 1. The largest absolute Gasteiger partial charge is 0.481 e. The lowest BCUT2D eigenvalue weighted by Crippen LogP contribution is -2.68. The quantitative estimate of drug-likeness (QED) is 0.499. The highest BCUT2D eigenvalue weighted by molar-refractivity contribution is 7.89. The molecule has 2 N–H and O–H groups in total. The molecule has 0 bridgehead atoms. The zero-order chi connectivity index (χ0) is 22.4. The second-order valence-corrected chi connectivity index (χ2v) is 11.1. The van der Waals surface area contributed by atoms with Gasteiger partial charge in [0.1, 0.15) is 0 Å². The summed E-state index contributed by atoms with van der Waals surface area (Å²) in [6.45, 7) is 2.36. The summed E-state index contributed by atoms with van der Waals surface area (Å²) in [5, 5.41) is 12.9. The third kappa shape index (κ3) is 3.47. The van der Waals surface area contributed by atoms with Crippen molar-refractivity contribution in [3.63, 3.8) is 0 Å². The lowest BCUT2D eigenvalue weighted by molar-refractivity contribution is -0.138. The van der Waals surface area contributed by atoms with Crippen LogP contribution in [0.25, 0.3) is 0 Å². The van der Waals surface area contributed by atoms with Gasteiger partial charge >= 0.3 is 5.97 Å². The lowest BCUT2D eigenvalue weighted by Gasteiger charge is -2.52. The minimum absolute atomic E-state index is 0.00467. The van der Waals surface area contributed by atoms with Crippen LogP contribution in [0.15, 0.2) is 53.4 Å². The fourth-order valence-corrected chi connectivity index (χ4v) is 7.66. The number of alkyl halides is 2. The fraction of sp³-hybridized carbons (Fsp3) is 0.409. The van der Waals surface area contributed by atoms with Gasteiger partial charge in [-0.05, 0) is 48.1 Å². The highest BCUT2D eigenvalue weighted by Gasteiger charge is 2.59. The van der Waals surface area contributed by atoms with Crippen LogP contribution in [0.5, 0.6) is 0 Å². The Bertz CT molecular complexity index is 1110. The van der Waals surface area contributed by atoms with E-state index in [0.717, 1.165) is 15.4 Å². The van der Waals surface area contributed by atoms with Crippen molar-refractivity contribution in [2.75, 3.05) is 13.1 Å². The van der Waals surface area contributed by atoms with E-state index in [1.165, 1.54) is 12.1 Å². The fourth-order valence-electron chi connectivity index (χ4n) is 4.77.